The fourth-order valence-corrected chi connectivity index (χ4v) is 12.2. The van der Waals surface area contributed by atoms with Gasteiger partial charge in [-0.3, -0.25) is 9.59 Å². The summed E-state index contributed by atoms with van der Waals surface area (Å²) in [6, 6.07) is 0. The minimum absolute atomic E-state index is 0.0693. The average molecular weight is 369 g/mol. The Labute approximate surface area is 162 Å². The van der Waals surface area contributed by atoms with Crippen molar-refractivity contribution in [1.82, 2.24) is 0 Å². The molecule has 0 amide bonds. The Hall–Kier alpha value is -0.860. The number of hydrogen-bond acceptors (Lipinski definition) is 3. The minimum Gasteiger partial charge on any atom is -0.469 e. The summed E-state index contributed by atoms with van der Waals surface area (Å²) in [6.07, 6.45) is 6.07. The molecule has 0 bridgehead atoms. The topological polar surface area (TPSA) is 43.4 Å². The van der Waals surface area contributed by atoms with Gasteiger partial charge in [-0.05, 0) is 91.8 Å². The van der Waals surface area contributed by atoms with Gasteiger partial charge in [0, 0.05) is 10.8 Å². The first-order chi connectivity index (χ1) is 12.8. The molecular weight excluding hydrogens is 336 g/mol. The SMILES string of the molecule is COC(=O)[C@]1(C)[C@@H]2[C@@H]3CCC[C@@H]3[C@@H]3[C@@H]2[C@H]2[C@H]1[C@H]1CC[C@@]4(C)C(=O)[C@]3(C)[C@H]2[C@H]14. The number of hydrogen-bond donors (Lipinski definition) is 0. The fourth-order valence-electron chi connectivity index (χ4n) is 12.2. The van der Waals surface area contributed by atoms with Gasteiger partial charge in [-0.15, -0.1) is 0 Å². The normalized spacial score (nSPS) is 68.7. The molecule has 27 heavy (non-hydrogen) atoms. The van der Waals surface area contributed by atoms with Crippen LogP contribution in [-0.4, -0.2) is 18.9 Å². The fraction of sp³-hybridized carbons (Fsp3) is 0.917. The maximum absolute atomic E-state index is 14.0. The molecule has 3 heteroatoms. The molecule has 146 valence electrons. The summed E-state index contributed by atoms with van der Waals surface area (Å²) in [5, 5.41) is 0. The van der Waals surface area contributed by atoms with E-state index in [4.69, 9.17) is 4.74 Å². The number of Topliss-reactive ketones (excluding diaryl/α,β-unsaturated/α-hetero) is 1. The first-order valence-electron chi connectivity index (χ1n) is 11.5. The van der Waals surface area contributed by atoms with E-state index in [1.807, 2.05) is 0 Å². The van der Waals surface area contributed by atoms with Crippen molar-refractivity contribution in [3.8, 4) is 0 Å². The maximum atomic E-state index is 14.0. The molecule has 0 heterocycles. The van der Waals surface area contributed by atoms with E-state index < -0.39 is 0 Å². The Balaban J connectivity index is 1.52. The van der Waals surface area contributed by atoms with Crippen LogP contribution in [0, 0.1) is 75.4 Å². The van der Waals surface area contributed by atoms with Crippen LogP contribution in [0.15, 0.2) is 0 Å². The van der Waals surface area contributed by atoms with Gasteiger partial charge in [-0.1, -0.05) is 20.3 Å². The van der Waals surface area contributed by atoms with Gasteiger partial charge >= 0.3 is 5.97 Å². The van der Waals surface area contributed by atoms with Gasteiger partial charge in [-0.25, -0.2) is 0 Å². The quantitative estimate of drug-likeness (QED) is 0.658. The van der Waals surface area contributed by atoms with Gasteiger partial charge in [0.2, 0.25) is 0 Å². The molecule has 0 saturated heterocycles. The highest BCUT2D eigenvalue weighted by Crippen LogP contribution is 2.89. The van der Waals surface area contributed by atoms with Crippen LogP contribution in [0.5, 0.6) is 0 Å². The van der Waals surface area contributed by atoms with Crippen LogP contribution in [-0.2, 0) is 14.3 Å². The zero-order valence-electron chi connectivity index (χ0n) is 17.0. The average Bonchev–Trinajstić information content (AvgIpc) is 3.42. The minimum atomic E-state index is -0.309. The Morgan fingerprint density at radius 1 is 0.889 bits per heavy atom. The molecule has 7 saturated carbocycles. The summed E-state index contributed by atoms with van der Waals surface area (Å²) >= 11 is 0. The van der Waals surface area contributed by atoms with E-state index in [-0.39, 0.29) is 22.2 Å². The Bertz CT molecular complexity index is 791. The Morgan fingerprint density at radius 3 is 2.22 bits per heavy atom. The number of ether oxygens (including phenoxy) is 1. The summed E-state index contributed by atoms with van der Waals surface area (Å²) in [4.78, 5) is 27.3. The summed E-state index contributed by atoms with van der Waals surface area (Å²) in [7, 11) is 1.60. The van der Waals surface area contributed by atoms with Crippen LogP contribution >= 0.6 is 0 Å². The summed E-state index contributed by atoms with van der Waals surface area (Å²) < 4.78 is 5.50. The van der Waals surface area contributed by atoms with Gasteiger partial charge in [-0.2, -0.15) is 0 Å². The zero-order valence-corrected chi connectivity index (χ0v) is 17.0. The number of fused-ring (bicyclic) bond motifs is 5. The van der Waals surface area contributed by atoms with Crippen LogP contribution < -0.4 is 0 Å². The first-order valence-corrected chi connectivity index (χ1v) is 11.5. The third-order valence-corrected chi connectivity index (χ3v) is 12.1. The molecule has 7 fully saturated rings. The molecule has 0 aromatic rings. The maximum Gasteiger partial charge on any atom is 0.312 e. The largest absolute Gasteiger partial charge is 0.469 e. The van der Waals surface area contributed by atoms with Crippen molar-refractivity contribution in [2.75, 3.05) is 7.11 Å². The van der Waals surface area contributed by atoms with Crippen LogP contribution in [0.4, 0.5) is 0 Å². The van der Waals surface area contributed by atoms with Crippen LogP contribution in [0.2, 0.25) is 0 Å². The smallest absolute Gasteiger partial charge is 0.312 e. The predicted molar refractivity (Wildman–Crippen MR) is 99.3 cm³/mol. The number of ketones is 1. The number of carbonyl (C=O) groups is 2. The molecule has 0 N–H and O–H groups in total. The third-order valence-electron chi connectivity index (χ3n) is 12.1. The Kier molecular flexibility index (Phi) is 2.48. The van der Waals surface area contributed by atoms with Crippen LogP contribution in [0.1, 0.15) is 52.9 Å². The van der Waals surface area contributed by atoms with E-state index in [9.17, 15) is 9.59 Å². The van der Waals surface area contributed by atoms with Crippen molar-refractivity contribution in [2.45, 2.75) is 52.9 Å². The Morgan fingerprint density at radius 2 is 1.52 bits per heavy atom. The van der Waals surface area contributed by atoms with E-state index in [2.05, 4.69) is 20.8 Å². The van der Waals surface area contributed by atoms with Gasteiger partial charge in [0.05, 0.1) is 12.5 Å². The molecule has 7 rings (SSSR count). The predicted octanol–water partition coefficient (Wildman–Crippen LogP) is 3.96. The highest BCUT2D eigenvalue weighted by molar-refractivity contribution is 5.95. The van der Waals surface area contributed by atoms with E-state index in [0.29, 0.717) is 65.0 Å². The molecule has 3 nitrogen and oxygen atoms in total. The van der Waals surface area contributed by atoms with Crippen molar-refractivity contribution < 1.29 is 14.3 Å². The van der Waals surface area contributed by atoms with Crippen molar-refractivity contribution in [3.63, 3.8) is 0 Å². The van der Waals surface area contributed by atoms with Crippen molar-refractivity contribution in [2.24, 2.45) is 75.4 Å². The lowest BCUT2D eigenvalue weighted by molar-refractivity contribution is -0.160. The second-order valence-corrected chi connectivity index (χ2v) is 12.0. The monoisotopic (exact) mass is 368 g/mol. The molecule has 0 radical (unpaired) electrons. The second-order valence-electron chi connectivity index (χ2n) is 12.0. The third kappa shape index (κ3) is 1.22. The lowest BCUT2D eigenvalue weighted by atomic mass is 9.64. The molecule has 13 atom stereocenters. The standard InChI is InChI=1S/C24H32O3/c1-22-9-8-12-17-14-13-15(23(2,20(22)25)19(14)18(12)22)10-6-5-7-11(10)16(13)24(17,3)21(26)27-4/h10-19H,5-9H2,1-4H3/t10-,11+,12+,13-,14-,15+,16+,17+,18-,19+,22+,23-,24+/m0/s1. The highest BCUT2D eigenvalue weighted by Gasteiger charge is 2.89. The molecule has 0 aliphatic heterocycles. The van der Waals surface area contributed by atoms with Crippen molar-refractivity contribution >= 4 is 11.8 Å². The molecule has 7 aliphatic carbocycles. The lowest BCUT2D eigenvalue weighted by Crippen LogP contribution is -2.44. The van der Waals surface area contributed by atoms with Gasteiger partial charge < -0.3 is 4.74 Å². The van der Waals surface area contributed by atoms with Gasteiger partial charge in [0.1, 0.15) is 5.78 Å². The first kappa shape index (κ1) is 16.0. The van der Waals surface area contributed by atoms with E-state index in [1.165, 1.54) is 19.3 Å². The van der Waals surface area contributed by atoms with Crippen LogP contribution in [0.3, 0.4) is 0 Å². The van der Waals surface area contributed by atoms with Crippen molar-refractivity contribution in [1.29, 1.82) is 0 Å². The van der Waals surface area contributed by atoms with Crippen LogP contribution in [0.25, 0.3) is 0 Å². The number of esters is 1. The zero-order chi connectivity index (χ0) is 18.7. The van der Waals surface area contributed by atoms with E-state index >= 15 is 0 Å². The molecule has 7 aliphatic rings. The second kappa shape index (κ2) is 4.19. The number of rotatable bonds is 1. The summed E-state index contributed by atoms with van der Waals surface area (Å²) in [6.45, 7) is 6.98. The number of methoxy groups -OCH3 is 1. The molecule has 0 spiro atoms. The molecule has 0 aromatic heterocycles. The molecule has 0 aromatic carbocycles. The van der Waals surface area contributed by atoms with Gasteiger partial charge in [0.15, 0.2) is 0 Å². The lowest BCUT2D eigenvalue weighted by Gasteiger charge is -2.39. The summed E-state index contributed by atoms with van der Waals surface area (Å²) in [5.74, 6) is 6.44. The number of carbonyl (C=O) groups excluding carboxylic acids is 2. The molecular formula is C24H32O3. The van der Waals surface area contributed by atoms with Gasteiger partial charge in [0.25, 0.3) is 0 Å². The highest BCUT2D eigenvalue weighted by atomic mass is 16.5. The van der Waals surface area contributed by atoms with E-state index in [1.54, 1.807) is 7.11 Å². The van der Waals surface area contributed by atoms with Crippen molar-refractivity contribution in [3.05, 3.63) is 0 Å². The summed E-state index contributed by atoms with van der Waals surface area (Å²) in [5.41, 5.74) is -0.513. The van der Waals surface area contributed by atoms with E-state index in [0.717, 1.165) is 12.8 Å². The molecule has 0 unspecified atom stereocenters.